The minimum absolute atomic E-state index is 0.112. The van der Waals surface area contributed by atoms with Gasteiger partial charge in [-0.3, -0.25) is 14.4 Å². The highest BCUT2D eigenvalue weighted by Crippen LogP contribution is 2.14. The molecule has 0 aromatic heterocycles. The van der Waals surface area contributed by atoms with E-state index in [1.165, 1.54) is 103 Å². The molecular formula is C71H114O6. The molecule has 6 heteroatoms. The number of hydrogen-bond donors (Lipinski definition) is 0. The van der Waals surface area contributed by atoms with Crippen molar-refractivity contribution in [3.8, 4) is 0 Å². The third kappa shape index (κ3) is 62.0. The molecule has 0 aromatic rings. The van der Waals surface area contributed by atoms with Gasteiger partial charge in [-0.25, -0.2) is 0 Å². The molecule has 0 aromatic carbocycles. The number of ether oxygens (including phenoxy) is 3. The van der Waals surface area contributed by atoms with Crippen LogP contribution in [-0.4, -0.2) is 37.2 Å². The maximum absolute atomic E-state index is 12.9. The third-order valence-electron chi connectivity index (χ3n) is 12.8. The fraction of sp³-hybridized carbons (Fsp3) is 0.620. The lowest BCUT2D eigenvalue weighted by Crippen LogP contribution is -2.30. The van der Waals surface area contributed by atoms with E-state index < -0.39 is 6.10 Å². The van der Waals surface area contributed by atoms with Gasteiger partial charge in [-0.15, -0.1) is 0 Å². The summed E-state index contributed by atoms with van der Waals surface area (Å²) < 4.78 is 16.8. The number of allylic oxidation sites excluding steroid dienone is 24. The minimum atomic E-state index is -0.820. The lowest BCUT2D eigenvalue weighted by Gasteiger charge is -2.18. The van der Waals surface area contributed by atoms with Gasteiger partial charge in [-0.1, -0.05) is 263 Å². The first kappa shape index (κ1) is 72.3. The predicted octanol–water partition coefficient (Wildman–Crippen LogP) is 21.5. The molecule has 0 aliphatic carbocycles. The Morgan fingerprint density at radius 3 is 0.883 bits per heavy atom. The van der Waals surface area contributed by atoms with Crippen molar-refractivity contribution in [3.05, 3.63) is 146 Å². The number of esters is 3. The van der Waals surface area contributed by atoms with Crippen LogP contribution in [0.25, 0.3) is 0 Å². The second-order valence-electron chi connectivity index (χ2n) is 20.2. The Bertz CT molecular complexity index is 1700. The van der Waals surface area contributed by atoms with Crippen LogP contribution in [0.4, 0.5) is 0 Å². The standard InChI is InChI=1S/C71H114O6/c1-4-7-10-13-16-19-22-25-27-29-30-31-32-33-34-35-36-37-38-39-40-42-43-46-49-52-55-58-61-64-70(73)76-67-68(66-75-69(72)63-60-57-54-51-48-45-24-21-18-15-12-9-6-3)77-71(74)65-62-59-56-53-50-47-44-41-28-26-23-20-17-14-11-8-5-2/h7,9-10,12,16,18-19,21,25-28,30-31,33-34,36-37,39-40,45,48,54,57,68H,4-6,8,11,13-15,17,20,22-24,29,32,35,38,41-44,46-47,49-53,55-56,58-67H2,1-3H3/b10-7-,12-9-,19-16-,21-18-,27-25-,28-26-,31-30-,34-33-,37-36-,40-39-,48-45-,57-54-. The SMILES string of the molecule is CC/C=C\C/C=C\C/C=C\C/C=C\C/C=C\C/C=C\C/C=C\CCCCCCCCCC(=O)OCC(COC(=O)CC/C=C\C/C=C\C/C=C\C/C=C\CC)OC(=O)CCCCCCCCC/C=C\CCCCCCCC. The smallest absolute Gasteiger partial charge is 0.306 e. The Balaban J connectivity index is 4.39. The summed E-state index contributed by atoms with van der Waals surface area (Å²) in [6.07, 6.45) is 91.5. The average molecular weight is 1060 g/mol. The van der Waals surface area contributed by atoms with Gasteiger partial charge in [0.05, 0.1) is 0 Å². The first-order chi connectivity index (χ1) is 38.0. The van der Waals surface area contributed by atoms with Crippen LogP contribution < -0.4 is 0 Å². The van der Waals surface area contributed by atoms with E-state index in [4.69, 9.17) is 14.2 Å². The topological polar surface area (TPSA) is 78.9 Å². The molecule has 0 amide bonds. The molecule has 6 nitrogen and oxygen atoms in total. The van der Waals surface area contributed by atoms with Crippen molar-refractivity contribution >= 4 is 17.9 Å². The summed E-state index contributed by atoms with van der Waals surface area (Å²) in [5.41, 5.74) is 0. The number of carbonyl (C=O) groups is 3. The van der Waals surface area contributed by atoms with E-state index >= 15 is 0 Å². The van der Waals surface area contributed by atoms with Crippen LogP contribution >= 0.6 is 0 Å². The highest BCUT2D eigenvalue weighted by Gasteiger charge is 2.19. The number of rotatable bonds is 55. The minimum Gasteiger partial charge on any atom is -0.462 e. The molecule has 1 unspecified atom stereocenters. The van der Waals surface area contributed by atoms with Crippen LogP contribution in [0.3, 0.4) is 0 Å². The maximum Gasteiger partial charge on any atom is 0.306 e. The van der Waals surface area contributed by atoms with Crippen LogP contribution in [0.2, 0.25) is 0 Å². The molecule has 0 heterocycles. The van der Waals surface area contributed by atoms with E-state index in [9.17, 15) is 14.4 Å². The fourth-order valence-electron chi connectivity index (χ4n) is 8.20. The first-order valence-corrected chi connectivity index (χ1v) is 31.3. The van der Waals surface area contributed by atoms with Gasteiger partial charge in [0.25, 0.3) is 0 Å². The summed E-state index contributed by atoms with van der Waals surface area (Å²) in [7, 11) is 0. The van der Waals surface area contributed by atoms with Gasteiger partial charge >= 0.3 is 17.9 Å². The van der Waals surface area contributed by atoms with Crippen molar-refractivity contribution in [2.75, 3.05) is 13.2 Å². The van der Waals surface area contributed by atoms with Crippen molar-refractivity contribution < 1.29 is 28.6 Å². The molecule has 0 bridgehead atoms. The van der Waals surface area contributed by atoms with Gasteiger partial charge in [-0.2, -0.15) is 0 Å². The molecular weight excluding hydrogens is 949 g/mol. The van der Waals surface area contributed by atoms with Gasteiger partial charge in [-0.05, 0) is 128 Å². The Hall–Kier alpha value is -4.71. The quantitative estimate of drug-likeness (QED) is 0.0261. The van der Waals surface area contributed by atoms with Crippen LogP contribution in [0.5, 0.6) is 0 Å². The van der Waals surface area contributed by atoms with Crippen LogP contribution in [0.15, 0.2) is 146 Å². The molecule has 1 atom stereocenters. The third-order valence-corrected chi connectivity index (χ3v) is 12.8. The molecule has 0 radical (unpaired) electrons. The molecule has 434 valence electrons. The molecule has 0 aliphatic rings. The molecule has 0 saturated heterocycles. The largest absolute Gasteiger partial charge is 0.462 e. The van der Waals surface area contributed by atoms with Crippen molar-refractivity contribution in [2.24, 2.45) is 0 Å². The maximum atomic E-state index is 12.9. The van der Waals surface area contributed by atoms with Gasteiger partial charge in [0.2, 0.25) is 0 Å². The Kier molecular flexibility index (Phi) is 59.9. The molecule has 0 fully saturated rings. The van der Waals surface area contributed by atoms with Gasteiger partial charge < -0.3 is 14.2 Å². The van der Waals surface area contributed by atoms with Gasteiger partial charge in [0.15, 0.2) is 6.10 Å². The summed E-state index contributed by atoms with van der Waals surface area (Å²) in [5.74, 6) is -1.01. The summed E-state index contributed by atoms with van der Waals surface area (Å²) in [6.45, 7) is 6.33. The molecule has 0 saturated carbocycles. The van der Waals surface area contributed by atoms with Crippen LogP contribution in [0, 0.1) is 0 Å². The molecule has 0 spiro atoms. The highest BCUT2D eigenvalue weighted by molar-refractivity contribution is 5.71. The lowest BCUT2D eigenvalue weighted by atomic mass is 10.1. The average Bonchev–Trinajstić information content (AvgIpc) is 3.43. The van der Waals surface area contributed by atoms with Crippen molar-refractivity contribution in [1.82, 2.24) is 0 Å². The number of unbranched alkanes of at least 4 members (excludes halogenated alkanes) is 20. The lowest BCUT2D eigenvalue weighted by molar-refractivity contribution is -0.166. The normalized spacial score (nSPS) is 13.1. The molecule has 0 N–H and O–H groups in total. The predicted molar refractivity (Wildman–Crippen MR) is 334 cm³/mol. The zero-order chi connectivity index (χ0) is 55.7. The number of carbonyl (C=O) groups excluding carboxylic acids is 3. The van der Waals surface area contributed by atoms with E-state index in [0.29, 0.717) is 19.3 Å². The second kappa shape index (κ2) is 63.8. The molecule has 77 heavy (non-hydrogen) atoms. The van der Waals surface area contributed by atoms with Crippen molar-refractivity contribution in [1.29, 1.82) is 0 Å². The number of hydrogen-bond acceptors (Lipinski definition) is 6. The monoisotopic (exact) mass is 1060 g/mol. The summed E-state index contributed by atoms with van der Waals surface area (Å²) in [4.78, 5) is 38.2. The van der Waals surface area contributed by atoms with Crippen molar-refractivity contribution in [2.45, 2.75) is 271 Å². The highest BCUT2D eigenvalue weighted by atomic mass is 16.6. The Morgan fingerprint density at radius 1 is 0.273 bits per heavy atom. The second-order valence-corrected chi connectivity index (χ2v) is 20.2. The summed E-state index contributed by atoms with van der Waals surface area (Å²) in [5, 5.41) is 0. The fourth-order valence-corrected chi connectivity index (χ4v) is 8.20. The Labute approximate surface area is 474 Å². The van der Waals surface area contributed by atoms with E-state index in [1.54, 1.807) is 0 Å². The van der Waals surface area contributed by atoms with Crippen LogP contribution in [-0.2, 0) is 28.6 Å². The van der Waals surface area contributed by atoms with Gasteiger partial charge in [0, 0.05) is 19.3 Å². The van der Waals surface area contributed by atoms with E-state index in [-0.39, 0.29) is 37.5 Å². The molecule has 0 aliphatic heterocycles. The molecule has 0 rings (SSSR count). The zero-order valence-corrected chi connectivity index (χ0v) is 49.7. The van der Waals surface area contributed by atoms with E-state index in [0.717, 1.165) is 116 Å². The summed E-state index contributed by atoms with van der Waals surface area (Å²) >= 11 is 0. The van der Waals surface area contributed by atoms with Gasteiger partial charge in [0.1, 0.15) is 13.2 Å². The first-order valence-electron chi connectivity index (χ1n) is 31.3. The van der Waals surface area contributed by atoms with Crippen molar-refractivity contribution in [3.63, 3.8) is 0 Å². The summed E-state index contributed by atoms with van der Waals surface area (Å²) in [6, 6.07) is 0. The van der Waals surface area contributed by atoms with E-state index in [2.05, 4.69) is 161 Å². The Morgan fingerprint density at radius 2 is 0.532 bits per heavy atom. The van der Waals surface area contributed by atoms with Crippen LogP contribution in [0.1, 0.15) is 265 Å². The van der Waals surface area contributed by atoms with E-state index in [1.807, 2.05) is 6.08 Å². The zero-order valence-electron chi connectivity index (χ0n) is 49.7.